The lowest BCUT2D eigenvalue weighted by molar-refractivity contribution is -0.114. The molecule has 0 aliphatic carbocycles. The Labute approximate surface area is 91.9 Å². The molecule has 0 aromatic heterocycles. The molecular formula is C10H10ClNO3. The molecular weight excluding hydrogens is 218 g/mol. The summed E-state index contributed by atoms with van der Waals surface area (Å²) in [6, 6.07) is 2.86. The largest absolute Gasteiger partial charge is 0.478 e. The molecule has 5 heteroatoms. The summed E-state index contributed by atoms with van der Waals surface area (Å²) >= 11 is 5.74. The summed E-state index contributed by atoms with van der Waals surface area (Å²) in [5.74, 6) is -1.37. The number of hydrogen-bond acceptors (Lipinski definition) is 2. The average Bonchev–Trinajstić information content (AvgIpc) is 2.08. The third-order valence-electron chi connectivity index (χ3n) is 1.86. The molecule has 0 heterocycles. The van der Waals surface area contributed by atoms with Gasteiger partial charge in [-0.1, -0.05) is 11.6 Å². The predicted octanol–water partition coefficient (Wildman–Crippen LogP) is 2.31. The molecule has 1 rings (SSSR count). The van der Waals surface area contributed by atoms with Crippen molar-refractivity contribution >= 4 is 29.2 Å². The topological polar surface area (TPSA) is 66.4 Å². The fourth-order valence-electron chi connectivity index (χ4n) is 1.16. The second-order valence-corrected chi connectivity index (χ2v) is 3.54. The molecule has 0 radical (unpaired) electrons. The van der Waals surface area contributed by atoms with Crippen LogP contribution in [0.4, 0.5) is 5.69 Å². The zero-order valence-corrected chi connectivity index (χ0v) is 9.05. The number of carbonyl (C=O) groups excluding carboxylic acids is 1. The molecule has 0 aliphatic rings. The minimum atomic E-state index is -1.12. The maximum absolute atomic E-state index is 10.8. The summed E-state index contributed by atoms with van der Waals surface area (Å²) in [5, 5.41) is 11.5. The maximum Gasteiger partial charge on any atom is 0.337 e. The second-order valence-electron chi connectivity index (χ2n) is 3.13. The highest BCUT2D eigenvalue weighted by Gasteiger charge is 2.12. The van der Waals surface area contributed by atoms with Gasteiger partial charge in [-0.3, -0.25) is 4.79 Å². The number of nitrogens with one attached hydrogen (secondary N) is 1. The van der Waals surface area contributed by atoms with E-state index in [4.69, 9.17) is 16.7 Å². The number of hydrogen-bond donors (Lipinski definition) is 2. The van der Waals surface area contributed by atoms with E-state index < -0.39 is 5.97 Å². The second kappa shape index (κ2) is 4.31. The van der Waals surface area contributed by atoms with Crippen molar-refractivity contribution in [3.05, 3.63) is 28.3 Å². The fraction of sp³-hybridized carbons (Fsp3) is 0.200. The molecule has 1 aromatic rings. The van der Waals surface area contributed by atoms with Crippen molar-refractivity contribution in [3.63, 3.8) is 0 Å². The summed E-state index contributed by atoms with van der Waals surface area (Å²) in [6.07, 6.45) is 0. The van der Waals surface area contributed by atoms with E-state index in [1.54, 1.807) is 6.92 Å². The lowest BCUT2D eigenvalue weighted by Gasteiger charge is -2.08. The third kappa shape index (κ3) is 2.70. The summed E-state index contributed by atoms with van der Waals surface area (Å²) in [6.45, 7) is 3.09. The summed E-state index contributed by atoms with van der Waals surface area (Å²) in [7, 11) is 0. The Bertz CT molecular complexity index is 429. The summed E-state index contributed by atoms with van der Waals surface area (Å²) < 4.78 is 0. The first-order valence-corrected chi connectivity index (χ1v) is 4.60. The van der Waals surface area contributed by atoms with Crippen molar-refractivity contribution in [2.45, 2.75) is 13.8 Å². The van der Waals surface area contributed by atoms with Gasteiger partial charge in [-0.05, 0) is 24.6 Å². The number of aromatic carboxylic acids is 1. The van der Waals surface area contributed by atoms with Crippen LogP contribution in [0.2, 0.25) is 5.02 Å². The van der Waals surface area contributed by atoms with Crippen LogP contribution in [-0.4, -0.2) is 17.0 Å². The van der Waals surface area contributed by atoms with Crippen LogP contribution in [0.1, 0.15) is 22.8 Å². The number of benzene rings is 1. The molecule has 4 nitrogen and oxygen atoms in total. The van der Waals surface area contributed by atoms with Crippen LogP contribution in [0.3, 0.4) is 0 Å². The van der Waals surface area contributed by atoms with Gasteiger partial charge in [0.05, 0.1) is 10.6 Å². The van der Waals surface area contributed by atoms with E-state index in [0.717, 1.165) is 5.56 Å². The van der Waals surface area contributed by atoms with Crippen LogP contribution in [0.5, 0.6) is 0 Å². The number of halogens is 1. The minimum Gasteiger partial charge on any atom is -0.478 e. The molecule has 1 amide bonds. The summed E-state index contributed by atoms with van der Waals surface area (Å²) in [4.78, 5) is 21.6. The number of carboxylic acid groups (broad SMARTS) is 1. The van der Waals surface area contributed by atoms with Gasteiger partial charge in [-0.25, -0.2) is 4.79 Å². The number of amides is 1. The van der Waals surface area contributed by atoms with Gasteiger partial charge in [0.15, 0.2) is 0 Å². The molecule has 15 heavy (non-hydrogen) atoms. The Balaban J connectivity index is 3.23. The van der Waals surface area contributed by atoms with E-state index in [2.05, 4.69) is 5.32 Å². The zero-order valence-electron chi connectivity index (χ0n) is 8.30. The molecule has 80 valence electrons. The number of carboxylic acids is 1. The highest BCUT2D eigenvalue weighted by atomic mass is 35.5. The van der Waals surface area contributed by atoms with Crippen molar-refractivity contribution in [1.29, 1.82) is 0 Å². The minimum absolute atomic E-state index is 0.0222. The van der Waals surface area contributed by atoms with Gasteiger partial charge in [0.1, 0.15) is 0 Å². The van der Waals surface area contributed by atoms with Gasteiger partial charge in [-0.2, -0.15) is 0 Å². The fourth-order valence-corrected chi connectivity index (χ4v) is 1.46. The normalized spacial score (nSPS) is 9.80. The van der Waals surface area contributed by atoms with E-state index in [-0.39, 0.29) is 16.5 Å². The van der Waals surface area contributed by atoms with Crippen molar-refractivity contribution in [2.75, 3.05) is 5.32 Å². The lowest BCUT2D eigenvalue weighted by Crippen LogP contribution is -2.09. The van der Waals surface area contributed by atoms with Crippen LogP contribution < -0.4 is 5.32 Å². The highest BCUT2D eigenvalue weighted by molar-refractivity contribution is 6.33. The van der Waals surface area contributed by atoms with Crippen molar-refractivity contribution in [2.24, 2.45) is 0 Å². The Hall–Kier alpha value is -1.55. The van der Waals surface area contributed by atoms with Crippen LogP contribution in [-0.2, 0) is 4.79 Å². The monoisotopic (exact) mass is 227 g/mol. The first kappa shape index (κ1) is 11.5. The van der Waals surface area contributed by atoms with E-state index in [9.17, 15) is 9.59 Å². The summed E-state index contributed by atoms with van der Waals surface area (Å²) in [5.41, 5.74) is 1.16. The Morgan fingerprint density at radius 1 is 1.40 bits per heavy atom. The van der Waals surface area contributed by atoms with E-state index in [1.807, 2.05) is 0 Å². The van der Waals surface area contributed by atoms with Crippen LogP contribution in [0.25, 0.3) is 0 Å². The highest BCUT2D eigenvalue weighted by Crippen LogP contribution is 2.24. The molecule has 0 saturated heterocycles. The zero-order chi connectivity index (χ0) is 11.6. The Morgan fingerprint density at radius 3 is 2.47 bits per heavy atom. The molecule has 0 aliphatic heterocycles. The van der Waals surface area contributed by atoms with Gasteiger partial charge in [0, 0.05) is 12.6 Å². The van der Waals surface area contributed by atoms with E-state index in [0.29, 0.717) is 5.69 Å². The van der Waals surface area contributed by atoms with E-state index in [1.165, 1.54) is 19.1 Å². The van der Waals surface area contributed by atoms with Gasteiger partial charge in [0.25, 0.3) is 0 Å². The first-order chi connectivity index (χ1) is 6.91. The van der Waals surface area contributed by atoms with Gasteiger partial charge >= 0.3 is 5.97 Å². The SMILES string of the molecule is CC(=O)Nc1cc(C(=O)O)c(Cl)cc1C. The lowest BCUT2D eigenvalue weighted by atomic mass is 10.1. The standard InChI is InChI=1S/C10H10ClNO3/c1-5-3-8(11)7(10(14)15)4-9(5)12-6(2)13/h3-4H,1-2H3,(H,12,13)(H,14,15). The van der Waals surface area contributed by atoms with Crippen LogP contribution in [0, 0.1) is 6.92 Å². The van der Waals surface area contributed by atoms with Crippen molar-refractivity contribution in [3.8, 4) is 0 Å². The van der Waals surface area contributed by atoms with Crippen LogP contribution in [0.15, 0.2) is 12.1 Å². The van der Waals surface area contributed by atoms with Crippen molar-refractivity contribution < 1.29 is 14.7 Å². The maximum atomic E-state index is 10.8. The number of carbonyl (C=O) groups is 2. The quantitative estimate of drug-likeness (QED) is 0.815. The molecule has 2 N–H and O–H groups in total. The molecule has 0 saturated carbocycles. The number of aryl methyl sites for hydroxylation is 1. The molecule has 0 atom stereocenters. The van der Waals surface area contributed by atoms with Gasteiger partial charge in [-0.15, -0.1) is 0 Å². The average molecular weight is 228 g/mol. The number of rotatable bonds is 2. The van der Waals surface area contributed by atoms with Crippen LogP contribution >= 0.6 is 11.6 Å². The molecule has 0 unspecified atom stereocenters. The molecule has 0 spiro atoms. The molecule has 0 bridgehead atoms. The Morgan fingerprint density at radius 2 is 2.00 bits per heavy atom. The van der Waals surface area contributed by atoms with E-state index >= 15 is 0 Å². The predicted molar refractivity (Wildman–Crippen MR) is 57.5 cm³/mol. The van der Waals surface area contributed by atoms with Gasteiger partial charge < -0.3 is 10.4 Å². The molecule has 1 aromatic carbocycles. The number of anilines is 1. The third-order valence-corrected chi connectivity index (χ3v) is 2.17. The Kier molecular flexibility index (Phi) is 3.31. The smallest absolute Gasteiger partial charge is 0.337 e. The first-order valence-electron chi connectivity index (χ1n) is 4.23. The molecule has 0 fully saturated rings. The van der Waals surface area contributed by atoms with Gasteiger partial charge in [0.2, 0.25) is 5.91 Å². The van der Waals surface area contributed by atoms with Crippen molar-refractivity contribution in [1.82, 2.24) is 0 Å².